The van der Waals surface area contributed by atoms with E-state index in [0.717, 1.165) is 5.92 Å². The van der Waals surface area contributed by atoms with Crippen LogP contribution in [0.25, 0.3) is 0 Å². The van der Waals surface area contributed by atoms with Gasteiger partial charge in [0.1, 0.15) is 0 Å². The third-order valence-electron chi connectivity index (χ3n) is 3.32. The molecule has 1 unspecified atom stereocenters. The largest absolute Gasteiger partial charge is 0.303 e. The van der Waals surface area contributed by atoms with E-state index in [-0.39, 0.29) is 0 Å². The van der Waals surface area contributed by atoms with Crippen LogP contribution >= 0.6 is 0 Å². The lowest BCUT2D eigenvalue weighted by molar-refractivity contribution is 0.175. The normalized spacial score (nSPS) is 14.4. The zero-order chi connectivity index (χ0) is 11.1. The van der Waals surface area contributed by atoms with E-state index in [2.05, 4.69) is 51.5 Å². The van der Waals surface area contributed by atoms with E-state index in [4.69, 9.17) is 0 Å². The number of hydrogen-bond acceptors (Lipinski definition) is 2. The lowest BCUT2D eigenvalue weighted by Gasteiger charge is -2.30. The first-order chi connectivity index (χ1) is 6.52. The first kappa shape index (κ1) is 13.9. The molecule has 0 aliphatic carbocycles. The van der Waals surface area contributed by atoms with Gasteiger partial charge in [0.25, 0.3) is 0 Å². The lowest BCUT2D eigenvalue weighted by atomic mass is 10.1. The molecule has 0 aromatic heterocycles. The van der Waals surface area contributed by atoms with Crippen LogP contribution in [0, 0.1) is 5.92 Å². The van der Waals surface area contributed by atoms with Crippen molar-refractivity contribution in [2.45, 2.75) is 40.7 Å². The fourth-order valence-electron chi connectivity index (χ4n) is 1.55. The first-order valence-corrected chi connectivity index (χ1v) is 5.95. The standard InChI is InChI=1S/C12H28N2/c1-7-14(8-2)10-9-13(6)12(5)11(3)4/h11-12H,7-10H2,1-6H3. The van der Waals surface area contributed by atoms with Crippen LogP contribution in [0.5, 0.6) is 0 Å². The van der Waals surface area contributed by atoms with Crippen molar-refractivity contribution in [1.82, 2.24) is 9.80 Å². The maximum Gasteiger partial charge on any atom is 0.0109 e. The summed E-state index contributed by atoms with van der Waals surface area (Å²) in [4.78, 5) is 4.94. The van der Waals surface area contributed by atoms with Crippen LogP contribution in [0.4, 0.5) is 0 Å². The second kappa shape index (κ2) is 7.24. The van der Waals surface area contributed by atoms with Crippen LogP contribution < -0.4 is 0 Å². The zero-order valence-electron chi connectivity index (χ0n) is 10.9. The molecule has 0 aliphatic rings. The second-order valence-electron chi connectivity index (χ2n) is 4.49. The van der Waals surface area contributed by atoms with Crippen LogP contribution in [0.15, 0.2) is 0 Å². The Kier molecular flexibility index (Phi) is 7.20. The molecular weight excluding hydrogens is 172 g/mol. The lowest BCUT2D eigenvalue weighted by Crippen LogP contribution is -2.39. The Labute approximate surface area is 90.3 Å². The molecule has 0 amide bonds. The van der Waals surface area contributed by atoms with Crippen LogP contribution in [0.1, 0.15) is 34.6 Å². The highest BCUT2D eigenvalue weighted by Gasteiger charge is 2.13. The summed E-state index contributed by atoms with van der Waals surface area (Å²) in [6.07, 6.45) is 0. The van der Waals surface area contributed by atoms with Crippen molar-refractivity contribution >= 4 is 0 Å². The Morgan fingerprint density at radius 2 is 1.43 bits per heavy atom. The van der Waals surface area contributed by atoms with E-state index >= 15 is 0 Å². The van der Waals surface area contributed by atoms with Crippen molar-refractivity contribution in [3.8, 4) is 0 Å². The van der Waals surface area contributed by atoms with Gasteiger partial charge in [-0.2, -0.15) is 0 Å². The van der Waals surface area contributed by atoms with Gasteiger partial charge in [0.2, 0.25) is 0 Å². The average molecular weight is 200 g/mol. The molecule has 0 bridgehead atoms. The smallest absolute Gasteiger partial charge is 0.0109 e. The number of nitrogens with zero attached hydrogens (tertiary/aromatic N) is 2. The van der Waals surface area contributed by atoms with Gasteiger partial charge in [0.05, 0.1) is 0 Å². The van der Waals surface area contributed by atoms with E-state index in [1.807, 2.05) is 0 Å². The van der Waals surface area contributed by atoms with Crippen molar-refractivity contribution in [3.63, 3.8) is 0 Å². The Bertz CT molecular complexity index is 130. The average Bonchev–Trinajstić information content (AvgIpc) is 2.17. The van der Waals surface area contributed by atoms with Gasteiger partial charge in [-0.1, -0.05) is 27.7 Å². The van der Waals surface area contributed by atoms with Gasteiger partial charge in [-0.15, -0.1) is 0 Å². The molecule has 0 radical (unpaired) electrons. The number of rotatable bonds is 7. The minimum absolute atomic E-state index is 0.686. The highest BCUT2D eigenvalue weighted by molar-refractivity contribution is 4.68. The summed E-state index contributed by atoms with van der Waals surface area (Å²) in [5, 5.41) is 0. The fourth-order valence-corrected chi connectivity index (χ4v) is 1.55. The molecule has 0 N–H and O–H groups in total. The van der Waals surface area contributed by atoms with Gasteiger partial charge >= 0.3 is 0 Å². The molecule has 2 nitrogen and oxygen atoms in total. The van der Waals surface area contributed by atoms with Gasteiger partial charge < -0.3 is 9.80 Å². The van der Waals surface area contributed by atoms with Crippen molar-refractivity contribution < 1.29 is 0 Å². The van der Waals surface area contributed by atoms with Crippen LogP contribution in [-0.4, -0.2) is 49.1 Å². The monoisotopic (exact) mass is 200 g/mol. The molecule has 0 saturated heterocycles. The predicted octanol–water partition coefficient (Wildman–Crippen LogP) is 2.30. The molecule has 14 heavy (non-hydrogen) atoms. The summed E-state index contributed by atoms with van der Waals surface area (Å²) < 4.78 is 0. The third-order valence-corrected chi connectivity index (χ3v) is 3.32. The predicted molar refractivity (Wildman–Crippen MR) is 64.7 cm³/mol. The summed E-state index contributed by atoms with van der Waals surface area (Å²) in [6, 6.07) is 0.686. The zero-order valence-corrected chi connectivity index (χ0v) is 10.9. The van der Waals surface area contributed by atoms with Gasteiger partial charge in [0, 0.05) is 19.1 Å². The summed E-state index contributed by atoms with van der Waals surface area (Å²) in [7, 11) is 2.23. The van der Waals surface area contributed by atoms with Crippen molar-refractivity contribution in [1.29, 1.82) is 0 Å². The molecule has 0 saturated carbocycles. The Morgan fingerprint density at radius 3 is 1.79 bits per heavy atom. The Morgan fingerprint density at radius 1 is 0.929 bits per heavy atom. The highest BCUT2D eigenvalue weighted by atomic mass is 15.2. The van der Waals surface area contributed by atoms with E-state index in [1.165, 1.54) is 26.2 Å². The molecular formula is C12H28N2. The van der Waals surface area contributed by atoms with Crippen molar-refractivity contribution in [2.75, 3.05) is 33.2 Å². The van der Waals surface area contributed by atoms with E-state index in [0.29, 0.717) is 6.04 Å². The third kappa shape index (κ3) is 4.97. The van der Waals surface area contributed by atoms with Crippen LogP contribution in [-0.2, 0) is 0 Å². The summed E-state index contributed by atoms with van der Waals surface area (Å²) in [5.74, 6) is 0.747. The SMILES string of the molecule is CCN(CC)CCN(C)C(C)C(C)C. The minimum Gasteiger partial charge on any atom is -0.303 e. The quantitative estimate of drug-likeness (QED) is 0.622. The molecule has 2 heteroatoms. The van der Waals surface area contributed by atoms with Crippen molar-refractivity contribution in [3.05, 3.63) is 0 Å². The molecule has 86 valence electrons. The Hall–Kier alpha value is -0.0800. The van der Waals surface area contributed by atoms with E-state index in [9.17, 15) is 0 Å². The van der Waals surface area contributed by atoms with Crippen LogP contribution in [0.2, 0.25) is 0 Å². The molecule has 0 aromatic carbocycles. The molecule has 0 spiro atoms. The topological polar surface area (TPSA) is 6.48 Å². The summed E-state index contributed by atoms with van der Waals surface area (Å²) >= 11 is 0. The molecule has 0 fully saturated rings. The second-order valence-corrected chi connectivity index (χ2v) is 4.49. The van der Waals surface area contributed by atoms with Gasteiger partial charge in [-0.3, -0.25) is 0 Å². The molecule has 0 aliphatic heterocycles. The van der Waals surface area contributed by atoms with E-state index in [1.54, 1.807) is 0 Å². The first-order valence-electron chi connectivity index (χ1n) is 5.95. The van der Waals surface area contributed by atoms with Gasteiger partial charge in [-0.25, -0.2) is 0 Å². The number of hydrogen-bond donors (Lipinski definition) is 0. The van der Waals surface area contributed by atoms with Crippen LogP contribution in [0.3, 0.4) is 0 Å². The number of likely N-dealkylation sites (N-methyl/N-ethyl adjacent to an activating group) is 2. The molecule has 1 atom stereocenters. The maximum absolute atomic E-state index is 2.48. The van der Waals surface area contributed by atoms with Gasteiger partial charge in [-0.05, 0) is 33.0 Å². The van der Waals surface area contributed by atoms with Crippen molar-refractivity contribution in [2.24, 2.45) is 5.92 Å². The Balaban J connectivity index is 3.77. The fraction of sp³-hybridized carbons (Fsp3) is 1.00. The molecule has 0 aromatic rings. The summed E-state index contributed by atoms with van der Waals surface area (Å²) in [6.45, 7) is 16.1. The molecule has 0 heterocycles. The molecule has 0 rings (SSSR count). The maximum atomic E-state index is 2.48. The minimum atomic E-state index is 0.686. The van der Waals surface area contributed by atoms with E-state index < -0.39 is 0 Å². The summed E-state index contributed by atoms with van der Waals surface area (Å²) in [5.41, 5.74) is 0. The van der Waals surface area contributed by atoms with Gasteiger partial charge in [0.15, 0.2) is 0 Å². The highest BCUT2D eigenvalue weighted by Crippen LogP contribution is 2.07.